The van der Waals surface area contributed by atoms with Crippen molar-refractivity contribution in [1.82, 2.24) is 0 Å². The first-order valence-electron chi connectivity index (χ1n) is 4.10. The molecule has 0 saturated heterocycles. The van der Waals surface area contributed by atoms with E-state index in [1.54, 1.807) is 0 Å². The average Bonchev–Trinajstić information content (AvgIpc) is 2.19. The molecule has 3 atom stereocenters. The fourth-order valence-electron chi connectivity index (χ4n) is 0. The van der Waals surface area contributed by atoms with Crippen LogP contribution in [0.2, 0.25) is 0 Å². The van der Waals surface area contributed by atoms with Crippen molar-refractivity contribution in [1.29, 1.82) is 0 Å². The Morgan fingerprint density at radius 2 is 0.688 bits per heavy atom. The zero-order valence-electron chi connectivity index (χ0n) is 8.78. The van der Waals surface area contributed by atoms with E-state index < -0.39 is 0 Å². The number of hydrogen-bond acceptors (Lipinski definition) is 6. The molecule has 0 saturated carbocycles. The van der Waals surface area contributed by atoms with Crippen molar-refractivity contribution >= 4 is 34.8 Å². The number of nitrogens with two attached hydrogens (primary N) is 6. The van der Waals surface area contributed by atoms with Gasteiger partial charge in [-0.15, -0.1) is 34.8 Å². The van der Waals surface area contributed by atoms with E-state index in [0.29, 0.717) is 19.6 Å². The maximum atomic E-state index is 5.11. The van der Waals surface area contributed by atoms with Crippen LogP contribution in [0, 0.1) is 0 Å². The maximum Gasteiger partial charge on any atom is 0.0924 e. The summed E-state index contributed by atoms with van der Waals surface area (Å²) in [5.41, 5.74) is 28.4. The van der Waals surface area contributed by atoms with Crippen LogP contribution in [-0.2, 0) is 16.8 Å². The van der Waals surface area contributed by atoms with Gasteiger partial charge in [0.05, 0.1) is 16.5 Å². The molecule has 0 aromatic rings. The van der Waals surface area contributed by atoms with Crippen LogP contribution in [0.25, 0.3) is 0 Å². The van der Waals surface area contributed by atoms with E-state index in [1.807, 2.05) is 0 Å². The zero-order chi connectivity index (χ0) is 12.9. The minimum atomic E-state index is -0.366. The first-order chi connectivity index (χ1) is 6.81. The number of alkyl halides is 3. The summed E-state index contributed by atoms with van der Waals surface area (Å²) in [5, 5.41) is 0. The Hall–Kier alpha value is 1.14. The summed E-state index contributed by atoms with van der Waals surface area (Å²) >= 11 is 15.3. The van der Waals surface area contributed by atoms with Crippen LogP contribution in [0.1, 0.15) is 0 Å². The van der Waals surface area contributed by atoms with E-state index in [9.17, 15) is 0 Å². The Labute approximate surface area is 122 Å². The van der Waals surface area contributed by atoms with Crippen LogP contribution in [0.4, 0.5) is 0 Å². The van der Waals surface area contributed by atoms with E-state index in [2.05, 4.69) is 0 Å². The van der Waals surface area contributed by atoms with Crippen LogP contribution < -0.4 is 34.4 Å². The van der Waals surface area contributed by atoms with Gasteiger partial charge in [0, 0.05) is 36.4 Å². The van der Waals surface area contributed by atoms with Gasteiger partial charge in [-0.2, -0.15) is 0 Å². The Balaban J connectivity index is -0.0000000655. The smallest absolute Gasteiger partial charge is 0.0924 e. The third kappa shape index (κ3) is 59.4. The minimum absolute atomic E-state index is 0. The quantitative estimate of drug-likeness (QED) is 0.268. The summed E-state index contributed by atoms with van der Waals surface area (Å²) in [6, 6.07) is 0. The van der Waals surface area contributed by atoms with Crippen LogP contribution >= 0.6 is 34.8 Å². The molecule has 0 aliphatic rings. The maximum absolute atomic E-state index is 5.11. The predicted molar refractivity (Wildman–Crippen MR) is 68.6 cm³/mol. The molecule has 12 N–H and O–H groups in total. The molecule has 0 amide bonds. The Morgan fingerprint density at radius 1 is 0.625 bits per heavy atom. The van der Waals surface area contributed by atoms with E-state index in [0.717, 1.165) is 0 Å². The normalized spacial score (nSPS) is 14.1. The van der Waals surface area contributed by atoms with Crippen molar-refractivity contribution in [2.24, 2.45) is 34.4 Å². The molecule has 0 heterocycles. The molecule has 0 spiro atoms. The second-order valence-electron chi connectivity index (χ2n) is 2.26. The van der Waals surface area contributed by atoms with Crippen molar-refractivity contribution < 1.29 is 16.8 Å². The Bertz CT molecular complexity index is 89.2. The molecule has 1 radical (unpaired) electrons. The van der Waals surface area contributed by atoms with Gasteiger partial charge in [-0.3, -0.25) is 0 Å². The summed E-state index contributed by atoms with van der Waals surface area (Å²) in [7, 11) is 0. The van der Waals surface area contributed by atoms with E-state index >= 15 is 0 Å². The van der Waals surface area contributed by atoms with Gasteiger partial charge in [0.15, 0.2) is 0 Å². The third-order valence-corrected chi connectivity index (χ3v) is 1.21. The molecule has 0 bridgehead atoms. The largest absolute Gasteiger partial charge is 0.328 e. The Morgan fingerprint density at radius 3 is 0.688 bits per heavy atom. The van der Waals surface area contributed by atoms with Crippen molar-refractivity contribution in [3.63, 3.8) is 0 Å². The summed E-state index contributed by atoms with van der Waals surface area (Å²) in [4.78, 5) is 0. The fourth-order valence-corrected chi connectivity index (χ4v) is 0. The molecule has 16 heavy (non-hydrogen) atoms. The number of hydrogen-bond donors (Lipinski definition) is 6. The van der Waals surface area contributed by atoms with E-state index in [-0.39, 0.29) is 33.3 Å². The van der Waals surface area contributed by atoms with Crippen LogP contribution in [0.5, 0.6) is 0 Å². The van der Waals surface area contributed by atoms with Gasteiger partial charge in [0.2, 0.25) is 0 Å². The average molecular weight is 343 g/mol. The van der Waals surface area contributed by atoms with Crippen molar-refractivity contribution in [2.45, 2.75) is 16.5 Å². The third-order valence-electron chi connectivity index (χ3n) is 0.676. The molecular formula is C6H21Cl3CoN6. The minimum Gasteiger partial charge on any atom is -0.328 e. The SMILES string of the molecule is NCC(N)Cl.NCC(N)Cl.NCC(N)Cl.[Co]. The van der Waals surface area contributed by atoms with Gasteiger partial charge in [-0.25, -0.2) is 0 Å². The van der Waals surface area contributed by atoms with Gasteiger partial charge in [0.25, 0.3) is 0 Å². The van der Waals surface area contributed by atoms with Crippen molar-refractivity contribution in [2.75, 3.05) is 19.6 Å². The molecule has 0 fully saturated rings. The fraction of sp³-hybridized carbons (Fsp3) is 1.00. The standard InChI is InChI=1S/3C2H7ClN2.Co/c3*3-2(5)1-4;/h3*2H,1,4-5H2;. The van der Waals surface area contributed by atoms with E-state index in [4.69, 9.17) is 69.2 Å². The zero-order valence-corrected chi connectivity index (χ0v) is 12.1. The molecule has 0 rings (SSSR count). The van der Waals surface area contributed by atoms with Crippen LogP contribution in [0.3, 0.4) is 0 Å². The molecule has 0 aliphatic carbocycles. The van der Waals surface area contributed by atoms with Gasteiger partial charge >= 0.3 is 0 Å². The first kappa shape index (κ1) is 25.9. The first-order valence-corrected chi connectivity index (χ1v) is 5.41. The number of halogens is 3. The van der Waals surface area contributed by atoms with E-state index in [1.165, 1.54) is 0 Å². The molecular weight excluding hydrogens is 321 g/mol. The summed E-state index contributed by atoms with van der Waals surface area (Å²) in [5.74, 6) is 0. The molecule has 10 heteroatoms. The molecule has 105 valence electrons. The Kier molecular flexibility index (Phi) is 34.6. The molecule has 0 aliphatic heterocycles. The summed E-state index contributed by atoms with van der Waals surface area (Å²) in [6.45, 7) is 1.05. The van der Waals surface area contributed by atoms with Crippen LogP contribution in [-0.4, -0.2) is 36.1 Å². The topological polar surface area (TPSA) is 156 Å². The van der Waals surface area contributed by atoms with Gasteiger partial charge < -0.3 is 34.4 Å². The molecule has 0 aromatic heterocycles. The van der Waals surface area contributed by atoms with Crippen molar-refractivity contribution in [3.8, 4) is 0 Å². The summed E-state index contributed by atoms with van der Waals surface area (Å²) < 4.78 is 0. The predicted octanol–water partition coefficient (Wildman–Crippen LogP) is -1.60. The van der Waals surface area contributed by atoms with Crippen molar-refractivity contribution in [3.05, 3.63) is 0 Å². The second kappa shape index (κ2) is 21.4. The second-order valence-corrected chi connectivity index (χ2v) is 3.94. The molecule has 3 unspecified atom stereocenters. The van der Waals surface area contributed by atoms with Gasteiger partial charge in [0.1, 0.15) is 0 Å². The van der Waals surface area contributed by atoms with Crippen LogP contribution in [0.15, 0.2) is 0 Å². The van der Waals surface area contributed by atoms with Gasteiger partial charge in [-0.05, 0) is 0 Å². The molecule has 0 aromatic carbocycles. The monoisotopic (exact) mass is 341 g/mol. The summed E-state index contributed by atoms with van der Waals surface area (Å²) in [6.07, 6.45) is 0. The number of rotatable bonds is 3. The van der Waals surface area contributed by atoms with Gasteiger partial charge in [-0.1, -0.05) is 0 Å². The molecule has 6 nitrogen and oxygen atoms in total.